The van der Waals surface area contributed by atoms with Crippen molar-refractivity contribution in [1.82, 2.24) is 0 Å². The number of carbonyl (C=O) groups is 1. The number of rotatable bonds is 3. The van der Waals surface area contributed by atoms with E-state index in [2.05, 4.69) is 0 Å². The molecule has 1 N–H and O–H groups in total. The number of esters is 1. The first kappa shape index (κ1) is 13.0. The highest BCUT2D eigenvalue weighted by atomic mass is 19.3. The minimum Gasteiger partial charge on any atom is -0.460 e. The molecule has 0 saturated heterocycles. The summed E-state index contributed by atoms with van der Waals surface area (Å²) in [4.78, 5) is 11.6. The summed E-state index contributed by atoms with van der Waals surface area (Å²) in [6, 6.07) is 8.26. The standard InChI is InChI=1S/C13H14F2O3/c14-13(15)7-6-10(8-13)18-12(17)11(16)9-4-2-1-3-5-9/h1-5,10-11,16H,6-8H2. The van der Waals surface area contributed by atoms with Crippen LogP contribution in [0.4, 0.5) is 8.78 Å². The Hall–Kier alpha value is -1.49. The molecular formula is C13H14F2O3. The van der Waals surface area contributed by atoms with Crippen LogP contribution in [0.2, 0.25) is 0 Å². The Morgan fingerprint density at radius 2 is 2.06 bits per heavy atom. The van der Waals surface area contributed by atoms with Gasteiger partial charge in [0.1, 0.15) is 6.10 Å². The molecule has 5 heteroatoms. The fourth-order valence-corrected chi connectivity index (χ4v) is 2.01. The van der Waals surface area contributed by atoms with E-state index in [0.717, 1.165) is 0 Å². The van der Waals surface area contributed by atoms with E-state index in [1.165, 1.54) is 0 Å². The van der Waals surface area contributed by atoms with E-state index in [4.69, 9.17) is 4.74 Å². The van der Waals surface area contributed by atoms with Crippen LogP contribution in [0, 0.1) is 0 Å². The molecule has 0 spiro atoms. The third kappa shape index (κ3) is 3.04. The van der Waals surface area contributed by atoms with Gasteiger partial charge in [-0.1, -0.05) is 30.3 Å². The molecule has 98 valence electrons. The molecule has 1 aromatic carbocycles. The van der Waals surface area contributed by atoms with Crippen LogP contribution in [0.5, 0.6) is 0 Å². The summed E-state index contributed by atoms with van der Waals surface area (Å²) < 4.78 is 30.7. The summed E-state index contributed by atoms with van der Waals surface area (Å²) >= 11 is 0. The zero-order valence-electron chi connectivity index (χ0n) is 9.68. The van der Waals surface area contributed by atoms with Gasteiger partial charge < -0.3 is 9.84 Å². The molecule has 1 aliphatic rings. The van der Waals surface area contributed by atoms with Gasteiger partial charge in [-0.25, -0.2) is 13.6 Å². The Kier molecular flexibility index (Phi) is 3.61. The summed E-state index contributed by atoms with van der Waals surface area (Å²) in [5, 5.41) is 9.72. The molecular weight excluding hydrogens is 242 g/mol. The van der Waals surface area contributed by atoms with Crippen molar-refractivity contribution >= 4 is 5.97 Å². The Morgan fingerprint density at radius 1 is 1.39 bits per heavy atom. The summed E-state index contributed by atoms with van der Waals surface area (Å²) in [5.41, 5.74) is 0.396. The van der Waals surface area contributed by atoms with Crippen molar-refractivity contribution in [2.45, 2.75) is 37.4 Å². The molecule has 2 unspecified atom stereocenters. The fraction of sp³-hybridized carbons (Fsp3) is 0.462. The van der Waals surface area contributed by atoms with E-state index < -0.39 is 30.5 Å². The monoisotopic (exact) mass is 256 g/mol. The predicted molar refractivity (Wildman–Crippen MR) is 60.1 cm³/mol. The predicted octanol–water partition coefficient (Wildman–Crippen LogP) is 2.45. The number of ether oxygens (including phenoxy) is 1. The average Bonchev–Trinajstić information content (AvgIpc) is 2.68. The van der Waals surface area contributed by atoms with Crippen LogP contribution < -0.4 is 0 Å². The van der Waals surface area contributed by atoms with Gasteiger partial charge in [-0.3, -0.25) is 0 Å². The van der Waals surface area contributed by atoms with Crippen molar-refractivity contribution < 1.29 is 23.4 Å². The van der Waals surface area contributed by atoms with Gasteiger partial charge in [-0.15, -0.1) is 0 Å². The lowest BCUT2D eigenvalue weighted by Gasteiger charge is -2.15. The fourth-order valence-electron chi connectivity index (χ4n) is 2.01. The number of alkyl halides is 2. The smallest absolute Gasteiger partial charge is 0.339 e. The Morgan fingerprint density at radius 3 is 2.61 bits per heavy atom. The number of aliphatic hydroxyl groups excluding tert-OH is 1. The minimum absolute atomic E-state index is 0.139. The molecule has 3 nitrogen and oxygen atoms in total. The van der Waals surface area contributed by atoms with E-state index in [9.17, 15) is 18.7 Å². The van der Waals surface area contributed by atoms with Crippen LogP contribution in [0.3, 0.4) is 0 Å². The number of aliphatic hydroxyl groups is 1. The van der Waals surface area contributed by atoms with E-state index in [1.807, 2.05) is 0 Å². The lowest BCUT2D eigenvalue weighted by Crippen LogP contribution is -2.22. The van der Waals surface area contributed by atoms with Crippen LogP contribution in [0.1, 0.15) is 30.9 Å². The second-order valence-electron chi connectivity index (χ2n) is 4.47. The maximum Gasteiger partial charge on any atom is 0.339 e. The zero-order chi connectivity index (χ0) is 13.2. The third-order valence-corrected chi connectivity index (χ3v) is 2.98. The van der Waals surface area contributed by atoms with E-state index in [-0.39, 0.29) is 12.8 Å². The van der Waals surface area contributed by atoms with Gasteiger partial charge in [0.15, 0.2) is 6.10 Å². The molecule has 2 atom stereocenters. The first-order valence-electron chi connectivity index (χ1n) is 5.79. The summed E-state index contributed by atoms with van der Waals surface area (Å²) in [6.45, 7) is 0. The lowest BCUT2D eigenvalue weighted by molar-refractivity contribution is -0.160. The van der Waals surface area contributed by atoms with Gasteiger partial charge >= 0.3 is 5.97 Å². The number of halogens is 2. The van der Waals surface area contributed by atoms with Gasteiger partial charge in [0.25, 0.3) is 5.92 Å². The summed E-state index contributed by atoms with van der Waals surface area (Å²) in [7, 11) is 0. The molecule has 1 fully saturated rings. The Bertz CT molecular complexity index is 420. The van der Waals surface area contributed by atoms with Crippen LogP contribution in [0.15, 0.2) is 30.3 Å². The van der Waals surface area contributed by atoms with E-state index in [0.29, 0.717) is 5.56 Å². The zero-order valence-corrected chi connectivity index (χ0v) is 9.68. The van der Waals surface area contributed by atoms with Gasteiger partial charge in [0.2, 0.25) is 0 Å². The molecule has 1 aromatic rings. The maximum atomic E-state index is 12.9. The molecule has 0 bridgehead atoms. The molecule has 0 aromatic heterocycles. The molecule has 18 heavy (non-hydrogen) atoms. The minimum atomic E-state index is -2.76. The SMILES string of the molecule is O=C(OC1CCC(F)(F)C1)C(O)c1ccccc1. The average molecular weight is 256 g/mol. The highest BCUT2D eigenvalue weighted by Gasteiger charge is 2.41. The quantitative estimate of drug-likeness (QED) is 0.845. The van der Waals surface area contributed by atoms with Crippen LogP contribution >= 0.6 is 0 Å². The summed E-state index contributed by atoms with van der Waals surface area (Å²) in [6.07, 6.45) is -2.81. The number of hydrogen-bond acceptors (Lipinski definition) is 3. The second kappa shape index (κ2) is 5.02. The largest absolute Gasteiger partial charge is 0.460 e. The third-order valence-electron chi connectivity index (χ3n) is 2.98. The molecule has 0 aliphatic heterocycles. The van der Waals surface area contributed by atoms with E-state index in [1.54, 1.807) is 30.3 Å². The Labute approximate surface area is 103 Å². The Balaban J connectivity index is 1.93. The van der Waals surface area contributed by atoms with Crippen molar-refractivity contribution in [2.24, 2.45) is 0 Å². The lowest BCUT2D eigenvalue weighted by atomic mass is 10.1. The number of carbonyl (C=O) groups excluding carboxylic acids is 1. The normalized spacial score (nSPS) is 23.6. The van der Waals surface area contributed by atoms with Gasteiger partial charge in [0.05, 0.1) is 0 Å². The van der Waals surface area contributed by atoms with E-state index >= 15 is 0 Å². The van der Waals surface area contributed by atoms with Crippen molar-refractivity contribution in [2.75, 3.05) is 0 Å². The first-order valence-corrected chi connectivity index (χ1v) is 5.79. The maximum absolute atomic E-state index is 12.9. The van der Waals surface area contributed by atoms with Crippen molar-refractivity contribution in [1.29, 1.82) is 0 Å². The van der Waals surface area contributed by atoms with Crippen LogP contribution in [-0.4, -0.2) is 23.1 Å². The summed E-state index contributed by atoms with van der Waals surface area (Å²) in [5.74, 6) is -3.63. The van der Waals surface area contributed by atoms with Crippen LogP contribution in [0.25, 0.3) is 0 Å². The molecule has 1 saturated carbocycles. The van der Waals surface area contributed by atoms with Gasteiger partial charge in [-0.05, 0) is 12.0 Å². The highest BCUT2D eigenvalue weighted by molar-refractivity contribution is 5.76. The highest BCUT2D eigenvalue weighted by Crippen LogP contribution is 2.36. The number of benzene rings is 1. The molecule has 1 aliphatic carbocycles. The van der Waals surface area contributed by atoms with Crippen LogP contribution in [-0.2, 0) is 9.53 Å². The van der Waals surface area contributed by atoms with Gasteiger partial charge in [-0.2, -0.15) is 0 Å². The number of hydrogen-bond donors (Lipinski definition) is 1. The molecule has 0 heterocycles. The van der Waals surface area contributed by atoms with Gasteiger partial charge in [0, 0.05) is 12.8 Å². The van der Waals surface area contributed by atoms with Crippen molar-refractivity contribution in [3.05, 3.63) is 35.9 Å². The van der Waals surface area contributed by atoms with Crippen molar-refractivity contribution in [3.63, 3.8) is 0 Å². The topological polar surface area (TPSA) is 46.5 Å². The first-order chi connectivity index (χ1) is 8.48. The molecule has 0 radical (unpaired) electrons. The molecule has 2 rings (SSSR count). The second-order valence-corrected chi connectivity index (χ2v) is 4.47. The molecule has 0 amide bonds. The van der Waals surface area contributed by atoms with Crippen molar-refractivity contribution in [3.8, 4) is 0 Å².